The molecule has 6 aromatic carbocycles. The van der Waals surface area contributed by atoms with Gasteiger partial charge in [0.25, 0.3) is 0 Å². The Morgan fingerprint density at radius 2 is 0.754 bits per heavy atom. The first-order valence-electron chi connectivity index (χ1n) is 22.7. The average Bonchev–Trinajstić information content (AvgIpc) is 3.32. The van der Waals surface area contributed by atoms with Crippen LogP contribution in [0.1, 0.15) is 95.9 Å². The zero-order valence-electron chi connectivity index (χ0n) is 35.8. The zero-order valence-corrected chi connectivity index (χ0v) is 35.8. The first kappa shape index (κ1) is 42.4. The van der Waals surface area contributed by atoms with Gasteiger partial charge in [-0.1, -0.05) is 195 Å². The lowest BCUT2D eigenvalue weighted by Crippen LogP contribution is -2.38. The largest absolute Gasteiger partial charge is 0.375 e. The van der Waals surface area contributed by atoms with Crippen LogP contribution in [0.4, 0.5) is 0 Å². The minimum absolute atomic E-state index is 0.224. The fourth-order valence-corrected chi connectivity index (χ4v) is 10.3. The van der Waals surface area contributed by atoms with Crippen LogP contribution in [-0.2, 0) is 38.3 Å². The molecule has 0 spiro atoms. The molecule has 4 unspecified atom stereocenters. The lowest BCUT2D eigenvalue weighted by Gasteiger charge is -2.41. The van der Waals surface area contributed by atoms with E-state index in [4.69, 9.17) is 14.2 Å². The molecule has 0 heterocycles. The van der Waals surface area contributed by atoms with Crippen LogP contribution in [0.15, 0.2) is 195 Å². The Morgan fingerprint density at radius 3 is 1.10 bits per heavy atom. The molecule has 2 fully saturated rings. The van der Waals surface area contributed by atoms with Gasteiger partial charge in [-0.05, 0) is 108 Å². The summed E-state index contributed by atoms with van der Waals surface area (Å²) in [5, 5.41) is 0. The molecule has 3 nitrogen and oxygen atoms in total. The van der Waals surface area contributed by atoms with Crippen LogP contribution in [0, 0.1) is 11.8 Å². The molecule has 0 radical (unpaired) electrons. The first-order valence-corrected chi connectivity index (χ1v) is 22.7. The molecule has 6 aromatic rings. The van der Waals surface area contributed by atoms with Gasteiger partial charge in [0.05, 0.1) is 25.4 Å². The van der Waals surface area contributed by atoms with Crippen molar-refractivity contribution < 1.29 is 14.2 Å². The van der Waals surface area contributed by atoms with Crippen molar-refractivity contribution in [2.24, 2.45) is 11.8 Å². The van der Waals surface area contributed by atoms with Crippen molar-refractivity contribution in [3.63, 3.8) is 0 Å². The van der Waals surface area contributed by atoms with Crippen LogP contribution in [0.3, 0.4) is 0 Å². The molecule has 4 atom stereocenters. The van der Waals surface area contributed by atoms with Crippen LogP contribution in [0.25, 0.3) is 0 Å². The van der Waals surface area contributed by atoms with Gasteiger partial charge in [-0.25, -0.2) is 0 Å². The predicted octanol–water partition coefficient (Wildman–Crippen LogP) is 13.6. The van der Waals surface area contributed by atoms with Crippen LogP contribution in [0.5, 0.6) is 0 Å². The van der Waals surface area contributed by atoms with Gasteiger partial charge in [0.15, 0.2) is 0 Å². The number of allylic oxidation sites excluding steroid dienone is 2. The van der Waals surface area contributed by atoms with Gasteiger partial charge in [-0.15, -0.1) is 13.2 Å². The van der Waals surface area contributed by atoms with Crippen molar-refractivity contribution in [2.45, 2.75) is 87.6 Å². The lowest BCUT2D eigenvalue weighted by atomic mass is 9.77. The van der Waals surface area contributed by atoms with Gasteiger partial charge in [0.2, 0.25) is 0 Å². The van der Waals surface area contributed by atoms with E-state index in [1.165, 1.54) is 22.3 Å². The van der Waals surface area contributed by atoms with Crippen molar-refractivity contribution >= 4 is 0 Å². The standard InChI is InChI=1S/C58H62O3/c1-3-23-47-27-17-19-39-55(47)57(49-29-9-5-10-30-49,50-31-11-6-12-32-50)59-43-45-25-21-37-53(41-45)61-54-38-22-26-46(42-54)44-60-58(51-33-13-7-14-34-51,52-35-15-8-16-36-52)56-40-20-18-28-48(56)24-4-2/h3-20,27-36,39-40,45-46,53-54H,1-2,21-26,37-38,41-44H2. The third-order valence-electron chi connectivity index (χ3n) is 13.2. The van der Waals surface area contributed by atoms with Gasteiger partial charge >= 0.3 is 0 Å². The maximum atomic E-state index is 7.45. The van der Waals surface area contributed by atoms with Crippen molar-refractivity contribution in [3.05, 3.63) is 240 Å². The van der Waals surface area contributed by atoms with Crippen molar-refractivity contribution in [1.29, 1.82) is 0 Å². The van der Waals surface area contributed by atoms with E-state index in [0.717, 1.165) is 86.5 Å². The molecule has 0 saturated heterocycles. The summed E-state index contributed by atoms with van der Waals surface area (Å²) in [5.74, 6) is 0.792. The molecule has 0 amide bonds. The fraction of sp³-hybridized carbons (Fsp3) is 0.310. The maximum Gasteiger partial charge on any atom is 0.144 e. The van der Waals surface area contributed by atoms with E-state index in [-0.39, 0.29) is 12.2 Å². The highest BCUT2D eigenvalue weighted by Crippen LogP contribution is 2.45. The SMILES string of the molecule is C=CCc1ccccc1C(OCC1CCCC(OC2CCCC(COC(c3ccccc3)(c3ccccc3)c3ccccc3CC=C)C2)C1)(c1ccccc1)c1ccccc1. The lowest BCUT2D eigenvalue weighted by molar-refractivity contribution is -0.0898. The normalized spacial score (nSPS) is 19.5. The van der Waals surface area contributed by atoms with Crippen molar-refractivity contribution in [2.75, 3.05) is 13.2 Å². The molecular weight excluding hydrogens is 745 g/mol. The summed E-state index contributed by atoms with van der Waals surface area (Å²) < 4.78 is 22.0. The van der Waals surface area contributed by atoms with Gasteiger partial charge in [0, 0.05) is 0 Å². The van der Waals surface area contributed by atoms with Crippen LogP contribution >= 0.6 is 0 Å². The first-order chi connectivity index (χ1) is 30.1. The molecule has 61 heavy (non-hydrogen) atoms. The number of hydrogen-bond donors (Lipinski definition) is 0. The second kappa shape index (κ2) is 20.5. The summed E-state index contributed by atoms with van der Waals surface area (Å²) in [6.07, 6.45) is 14.8. The summed E-state index contributed by atoms with van der Waals surface area (Å²) in [7, 11) is 0. The minimum Gasteiger partial charge on any atom is -0.375 e. The van der Waals surface area contributed by atoms with Gasteiger partial charge in [0.1, 0.15) is 11.2 Å². The monoisotopic (exact) mass is 806 g/mol. The zero-order chi connectivity index (χ0) is 41.7. The Bertz CT molecular complexity index is 2030. The average molecular weight is 807 g/mol. The predicted molar refractivity (Wildman–Crippen MR) is 251 cm³/mol. The van der Waals surface area contributed by atoms with Crippen LogP contribution < -0.4 is 0 Å². The summed E-state index contributed by atoms with van der Waals surface area (Å²) in [6, 6.07) is 60.6. The molecule has 8 rings (SSSR count). The van der Waals surface area contributed by atoms with E-state index in [0.29, 0.717) is 25.0 Å². The second-order valence-electron chi connectivity index (χ2n) is 17.2. The summed E-state index contributed by atoms with van der Waals surface area (Å²) >= 11 is 0. The van der Waals surface area contributed by atoms with Gasteiger partial charge < -0.3 is 14.2 Å². The van der Waals surface area contributed by atoms with Gasteiger partial charge in [-0.3, -0.25) is 0 Å². The Balaban J connectivity index is 0.995. The topological polar surface area (TPSA) is 27.7 Å². The molecule has 2 aliphatic rings. The molecule has 0 aromatic heterocycles. The fourth-order valence-electron chi connectivity index (χ4n) is 10.3. The molecule has 2 saturated carbocycles. The molecule has 0 aliphatic heterocycles. The number of ether oxygens (including phenoxy) is 3. The van der Waals surface area contributed by atoms with E-state index < -0.39 is 11.2 Å². The van der Waals surface area contributed by atoms with Gasteiger partial charge in [-0.2, -0.15) is 0 Å². The van der Waals surface area contributed by atoms with E-state index >= 15 is 0 Å². The Kier molecular flexibility index (Phi) is 14.2. The number of benzene rings is 6. The van der Waals surface area contributed by atoms with E-state index in [1.807, 2.05) is 12.2 Å². The molecule has 3 heteroatoms. The minimum atomic E-state index is -0.757. The van der Waals surface area contributed by atoms with Crippen LogP contribution in [0.2, 0.25) is 0 Å². The molecule has 0 N–H and O–H groups in total. The highest BCUT2D eigenvalue weighted by molar-refractivity contribution is 5.52. The molecule has 0 bridgehead atoms. The quantitative estimate of drug-likeness (QED) is 0.0640. The molecule has 2 aliphatic carbocycles. The molecule has 312 valence electrons. The van der Waals surface area contributed by atoms with E-state index in [9.17, 15) is 0 Å². The Hall–Kier alpha value is -5.32. The summed E-state index contributed by atoms with van der Waals surface area (Å²) in [6.45, 7) is 9.52. The van der Waals surface area contributed by atoms with Crippen LogP contribution in [-0.4, -0.2) is 25.4 Å². The third-order valence-corrected chi connectivity index (χ3v) is 13.2. The highest BCUT2D eigenvalue weighted by Gasteiger charge is 2.42. The number of rotatable bonds is 18. The Labute approximate surface area is 365 Å². The molecular formula is C58H62O3. The maximum absolute atomic E-state index is 7.45. The smallest absolute Gasteiger partial charge is 0.144 e. The number of hydrogen-bond acceptors (Lipinski definition) is 3. The Morgan fingerprint density at radius 1 is 0.426 bits per heavy atom. The summed E-state index contributed by atoms with van der Waals surface area (Å²) in [4.78, 5) is 0. The van der Waals surface area contributed by atoms with Crippen molar-refractivity contribution in [3.8, 4) is 0 Å². The van der Waals surface area contributed by atoms with E-state index in [1.54, 1.807) is 0 Å². The highest BCUT2D eigenvalue weighted by atomic mass is 16.5. The van der Waals surface area contributed by atoms with Crippen molar-refractivity contribution in [1.82, 2.24) is 0 Å². The second-order valence-corrected chi connectivity index (χ2v) is 17.2. The third kappa shape index (κ3) is 9.46. The van der Waals surface area contributed by atoms with E-state index in [2.05, 4.69) is 183 Å². The summed E-state index contributed by atoms with van der Waals surface area (Å²) in [5.41, 5.74) is 7.88.